The van der Waals surface area contributed by atoms with Crippen LogP contribution < -0.4 is 10.1 Å². The lowest BCUT2D eigenvalue weighted by molar-refractivity contribution is -0.130. The lowest BCUT2D eigenvalue weighted by Crippen LogP contribution is -2.45. The van der Waals surface area contributed by atoms with Gasteiger partial charge < -0.3 is 15.0 Å². The zero-order valence-corrected chi connectivity index (χ0v) is 19.6. The summed E-state index contributed by atoms with van der Waals surface area (Å²) in [5, 5.41) is 3.00. The van der Waals surface area contributed by atoms with E-state index in [1.165, 1.54) is 11.6 Å². The fraction of sp³-hybridized carbons (Fsp3) is 0.267. The van der Waals surface area contributed by atoms with Crippen LogP contribution in [-0.4, -0.2) is 28.8 Å². The van der Waals surface area contributed by atoms with E-state index in [1.807, 2.05) is 47.4 Å². The fourth-order valence-corrected chi connectivity index (χ4v) is 6.09. The van der Waals surface area contributed by atoms with Crippen LogP contribution in [0.25, 0.3) is 11.1 Å². The molecule has 176 valence electrons. The lowest BCUT2D eigenvalue weighted by Gasteiger charge is -2.39. The van der Waals surface area contributed by atoms with Gasteiger partial charge in [0.25, 0.3) is 5.91 Å². The molecule has 0 aliphatic carbocycles. The van der Waals surface area contributed by atoms with Crippen LogP contribution in [-0.2, 0) is 11.3 Å². The monoisotopic (exact) mass is 464 g/mol. The molecule has 2 bridgehead atoms. The Labute approximate surface area is 205 Å². The molecule has 3 atom stereocenters. The molecule has 0 saturated carbocycles. The van der Waals surface area contributed by atoms with Crippen molar-refractivity contribution in [3.05, 3.63) is 96.1 Å². The first kappa shape index (κ1) is 21.7. The minimum Gasteiger partial charge on any atom is -0.457 e. The molecule has 3 aromatic carbocycles. The molecule has 3 aliphatic heterocycles. The average molecular weight is 465 g/mol. The molecule has 0 spiro atoms. The molecule has 3 heterocycles. The van der Waals surface area contributed by atoms with Gasteiger partial charge in [-0.1, -0.05) is 43.0 Å². The largest absolute Gasteiger partial charge is 0.457 e. The summed E-state index contributed by atoms with van der Waals surface area (Å²) in [5.41, 5.74) is 5.20. The van der Waals surface area contributed by atoms with Gasteiger partial charge in [0.15, 0.2) is 0 Å². The van der Waals surface area contributed by atoms with Gasteiger partial charge in [-0.05, 0) is 90.3 Å². The van der Waals surface area contributed by atoms with Crippen molar-refractivity contribution in [3.63, 3.8) is 0 Å². The maximum atomic E-state index is 12.7. The van der Waals surface area contributed by atoms with Crippen molar-refractivity contribution in [1.82, 2.24) is 10.2 Å². The summed E-state index contributed by atoms with van der Waals surface area (Å²) in [6.07, 6.45) is 5.39. The van der Waals surface area contributed by atoms with E-state index in [0.717, 1.165) is 59.4 Å². The normalized spacial score (nSPS) is 22.5. The molecule has 1 unspecified atom stereocenters. The molecule has 0 aromatic heterocycles. The molecular formula is C30H28N2O3. The Balaban J connectivity index is 1.31. The molecule has 2 fully saturated rings. The van der Waals surface area contributed by atoms with Crippen molar-refractivity contribution < 1.29 is 14.3 Å². The zero-order chi connectivity index (χ0) is 23.9. The van der Waals surface area contributed by atoms with Gasteiger partial charge in [-0.15, -0.1) is 0 Å². The van der Waals surface area contributed by atoms with Crippen molar-refractivity contribution in [2.45, 2.75) is 50.2 Å². The van der Waals surface area contributed by atoms with Crippen LogP contribution in [0.1, 0.15) is 53.1 Å². The van der Waals surface area contributed by atoms with E-state index in [1.54, 1.807) is 0 Å². The third kappa shape index (κ3) is 3.91. The molecule has 2 amide bonds. The number of piperidine rings is 1. The highest BCUT2D eigenvalue weighted by atomic mass is 16.5. The number of benzene rings is 3. The number of carbonyl (C=O) groups excluding carboxylic acids is 2. The third-order valence-corrected chi connectivity index (χ3v) is 7.72. The quantitative estimate of drug-likeness (QED) is 0.485. The highest BCUT2D eigenvalue weighted by molar-refractivity contribution is 6.01. The third-order valence-electron chi connectivity index (χ3n) is 7.72. The van der Waals surface area contributed by atoms with E-state index in [2.05, 4.69) is 36.2 Å². The molecule has 5 heteroatoms. The standard InChI is InChI=1S/C30H28N2O3/c1-2-29(33)32-22-10-11-23(32)15-20(14-22)21-16-26(28-18-31-30(34)27(28)17-21)19-8-12-25(13-9-19)35-24-6-4-3-5-7-24/h2-9,12-13,16-17,20,22-23H,1,10-11,14-15,18H2,(H,31,34)/t20?,22-,23+. The molecule has 3 aliphatic rings. The predicted octanol–water partition coefficient (Wildman–Crippen LogP) is 5.81. The van der Waals surface area contributed by atoms with Crippen LogP contribution in [0.3, 0.4) is 0 Å². The van der Waals surface area contributed by atoms with Gasteiger partial charge in [0.1, 0.15) is 11.5 Å². The first-order valence-corrected chi connectivity index (χ1v) is 12.3. The van der Waals surface area contributed by atoms with Crippen LogP contribution >= 0.6 is 0 Å². The topological polar surface area (TPSA) is 58.6 Å². The molecule has 5 nitrogen and oxygen atoms in total. The number of fused-ring (bicyclic) bond motifs is 3. The lowest BCUT2D eigenvalue weighted by atomic mass is 9.82. The van der Waals surface area contributed by atoms with Crippen LogP contribution in [0.2, 0.25) is 0 Å². The molecule has 6 rings (SSSR count). The van der Waals surface area contributed by atoms with Gasteiger partial charge in [0, 0.05) is 24.2 Å². The van der Waals surface area contributed by atoms with E-state index >= 15 is 0 Å². The summed E-state index contributed by atoms with van der Waals surface area (Å²) in [7, 11) is 0. The number of nitrogens with zero attached hydrogens (tertiary/aromatic N) is 1. The van der Waals surface area contributed by atoms with E-state index in [-0.39, 0.29) is 23.9 Å². The van der Waals surface area contributed by atoms with Crippen LogP contribution in [0.15, 0.2) is 79.4 Å². The van der Waals surface area contributed by atoms with Gasteiger partial charge in [0.05, 0.1) is 0 Å². The summed E-state index contributed by atoms with van der Waals surface area (Å²) in [5.74, 6) is 1.95. The number of hydrogen-bond donors (Lipinski definition) is 1. The number of amides is 2. The van der Waals surface area contributed by atoms with Gasteiger partial charge in [-0.25, -0.2) is 0 Å². The molecule has 3 aromatic rings. The second kappa shape index (κ2) is 8.73. The van der Waals surface area contributed by atoms with Crippen LogP contribution in [0, 0.1) is 0 Å². The minimum absolute atomic E-state index is 0.00521. The van der Waals surface area contributed by atoms with Crippen molar-refractivity contribution in [1.29, 1.82) is 0 Å². The number of ether oxygens (including phenoxy) is 1. The molecule has 2 saturated heterocycles. The van der Waals surface area contributed by atoms with E-state index < -0.39 is 0 Å². The SMILES string of the molecule is C=CC(=O)N1[C@@H]2CC[C@H]1CC(c1cc3c(c(-c4ccc(Oc5ccccc5)cc4)c1)CNC3=O)C2. The average Bonchev–Trinajstić information content (AvgIpc) is 3.39. The summed E-state index contributed by atoms with van der Waals surface area (Å²) in [4.78, 5) is 27.1. The number of para-hydroxylation sites is 1. The van der Waals surface area contributed by atoms with Gasteiger partial charge in [0.2, 0.25) is 5.91 Å². The Kier molecular flexibility index (Phi) is 5.40. The second-order valence-corrected chi connectivity index (χ2v) is 9.72. The highest BCUT2D eigenvalue weighted by Crippen LogP contribution is 2.45. The first-order valence-electron chi connectivity index (χ1n) is 12.3. The summed E-state index contributed by atoms with van der Waals surface area (Å²) < 4.78 is 5.96. The van der Waals surface area contributed by atoms with Crippen LogP contribution in [0.5, 0.6) is 11.5 Å². The smallest absolute Gasteiger partial charge is 0.251 e. The second-order valence-electron chi connectivity index (χ2n) is 9.72. The van der Waals surface area contributed by atoms with E-state index in [4.69, 9.17) is 4.74 Å². The van der Waals surface area contributed by atoms with Gasteiger partial charge in [-0.2, -0.15) is 0 Å². The molecule has 1 N–H and O–H groups in total. The zero-order valence-electron chi connectivity index (χ0n) is 19.6. The maximum absolute atomic E-state index is 12.7. The van der Waals surface area contributed by atoms with Crippen molar-refractivity contribution in [3.8, 4) is 22.6 Å². The van der Waals surface area contributed by atoms with E-state index in [9.17, 15) is 9.59 Å². The Bertz CT molecular complexity index is 1290. The fourth-order valence-electron chi connectivity index (χ4n) is 6.09. The Morgan fingerprint density at radius 2 is 1.60 bits per heavy atom. The highest BCUT2D eigenvalue weighted by Gasteiger charge is 2.43. The predicted molar refractivity (Wildman–Crippen MR) is 135 cm³/mol. The minimum atomic E-state index is -0.00521. The Hall–Kier alpha value is -3.86. The van der Waals surface area contributed by atoms with Gasteiger partial charge in [-0.3, -0.25) is 9.59 Å². The summed E-state index contributed by atoms with van der Waals surface area (Å²) >= 11 is 0. The number of hydrogen-bond acceptors (Lipinski definition) is 3. The molecular weight excluding hydrogens is 436 g/mol. The Morgan fingerprint density at radius 3 is 2.29 bits per heavy atom. The number of nitrogens with one attached hydrogen (secondary N) is 1. The van der Waals surface area contributed by atoms with Crippen molar-refractivity contribution in [2.75, 3.05) is 0 Å². The van der Waals surface area contributed by atoms with Crippen molar-refractivity contribution >= 4 is 11.8 Å². The van der Waals surface area contributed by atoms with Crippen molar-refractivity contribution in [2.24, 2.45) is 0 Å². The number of rotatable bonds is 5. The molecule has 0 radical (unpaired) electrons. The summed E-state index contributed by atoms with van der Waals surface area (Å²) in [6.45, 7) is 4.23. The number of carbonyl (C=O) groups is 2. The first-order chi connectivity index (χ1) is 17.1. The van der Waals surface area contributed by atoms with Crippen LogP contribution in [0.4, 0.5) is 0 Å². The van der Waals surface area contributed by atoms with E-state index in [0.29, 0.717) is 12.5 Å². The maximum Gasteiger partial charge on any atom is 0.251 e. The van der Waals surface area contributed by atoms with Gasteiger partial charge >= 0.3 is 0 Å². The summed E-state index contributed by atoms with van der Waals surface area (Å²) in [6, 6.07) is 22.7. The molecule has 35 heavy (non-hydrogen) atoms. The Morgan fingerprint density at radius 1 is 0.943 bits per heavy atom.